The number of carbonyl (C=O) groups is 5. The number of amides is 5. The molecule has 0 saturated carbocycles. The smallest absolute Gasteiger partial charge is 0.262 e. The number of aromatic hydroxyl groups is 1. The van der Waals surface area contributed by atoms with Crippen LogP contribution in [0, 0.1) is 11.2 Å². The second-order valence-corrected chi connectivity index (χ2v) is 16.5. The van der Waals surface area contributed by atoms with Gasteiger partial charge in [-0.1, -0.05) is 30.3 Å². The van der Waals surface area contributed by atoms with Crippen molar-refractivity contribution in [3.8, 4) is 5.75 Å². The summed E-state index contributed by atoms with van der Waals surface area (Å²) in [5, 5.41) is 12.5. The van der Waals surface area contributed by atoms with Crippen LogP contribution in [0.5, 0.6) is 5.75 Å². The van der Waals surface area contributed by atoms with Crippen molar-refractivity contribution in [3.63, 3.8) is 0 Å². The number of phenols is 1. The van der Waals surface area contributed by atoms with Gasteiger partial charge in [0.05, 0.1) is 17.7 Å². The van der Waals surface area contributed by atoms with Gasteiger partial charge in [-0.3, -0.25) is 39.1 Å². The Morgan fingerprint density at radius 2 is 1.42 bits per heavy atom. The molecule has 1 unspecified atom stereocenters. The van der Waals surface area contributed by atoms with E-state index in [-0.39, 0.29) is 46.9 Å². The van der Waals surface area contributed by atoms with Crippen LogP contribution in [-0.4, -0.2) is 88.1 Å². The summed E-state index contributed by atoms with van der Waals surface area (Å²) < 4.78 is 13.9. The number of nitrogens with zero attached hydrogens (tertiary/aromatic N) is 4. The van der Waals surface area contributed by atoms with Gasteiger partial charge in [0.15, 0.2) is 0 Å². The van der Waals surface area contributed by atoms with E-state index >= 15 is 0 Å². The average molecular weight is 766 g/mol. The molecule has 2 N–H and O–H groups in total. The number of hydrogen-bond donors (Lipinski definition) is 2. The van der Waals surface area contributed by atoms with E-state index in [0.29, 0.717) is 19.6 Å². The maximum atomic E-state index is 13.9. The van der Waals surface area contributed by atoms with Gasteiger partial charge >= 0.3 is 0 Å². The van der Waals surface area contributed by atoms with Crippen molar-refractivity contribution < 1.29 is 33.5 Å². The third kappa shape index (κ3) is 6.01. The van der Waals surface area contributed by atoms with E-state index in [0.717, 1.165) is 95.0 Å². The monoisotopic (exact) mass is 765 g/mol. The Bertz CT molecular complexity index is 2400. The highest BCUT2D eigenvalue weighted by Crippen LogP contribution is 2.44. The molecule has 5 heterocycles. The predicted molar refractivity (Wildman–Crippen MR) is 208 cm³/mol. The van der Waals surface area contributed by atoms with E-state index in [4.69, 9.17) is 0 Å². The van der Waals surface area contributed by atoms with E-state index in [1.54, 1.807) is 23.1 Å². The number of aryl methyl sites for hydroxylation is 1. The van der Waals surface area contributed by atoms with Crippen LogP contribution in [0.1, 0.15) is 79.8 Å². The summed E-state index contributed by atoms with van der Waals surface area (Å²) in [4.78, 5) is 71.4. The minimum absolute atomic E-state index is 0.000381. The molecule has 57 heavy (non-hydrogen) atoms. The van der Waals surface area contributed by atoms with Crippen molar-refractivity contribution in [1.29, 1.82) is 0 Å². The van der Waals surface area contributed by atoms with Gasteiger partial charge in [-0.05, 0) is 119 Å². The number of rotatable bonds is 6. The largest absolute Gasteiger partial charge is 0.508 e. The summed E-state index contributed by atoms with van der Waals surface area (Å²) >= 11 is 0. The molecule has 288 valence electrons. The molecule has 3 fully saturated rings. The lowest BCUT2D eigenvalue weighted by Gasteiger charge is -2.61. The molecule has 0 radical (unpaired) electrons. The second-order valence-electron chi connectivity index (χ2n) is 16.5. The summed E-state index contributed by atoms with van der Waals surface area (Å²) in [6.07, 6.45) is 2.78. The molecular weight excluding hydrogens is 726 g/mol. The van der Waals surface area contributed by atoms with Gasteiger partial charge in [0.2, 0.25) is 17.7 Å². The van der Waals surface area contributed by atoms with E-state index in [1.165, 1.54) is 17.7 Å². The first-order chi connectivity index (χ1) is 27.5. The molecule has 1 aliphatic carbocycles. The lowest BCUT2D eigenvalue weighted by Crippen LogP contribution is -2.72. The average Bonchev–Trinajstić information content (AvgIpc) is 3.62. The topological polar surface area (TPSA) is 131 Å². The molecule has 5 aliphatic heterocycles. The van der Waals surface area contributed by atoms with Crippen LogP contribution in [0.3, 0.4) is 0 Å². The summed E-state index contributed by atoms with van der Waals surface area (Å²) in [5.74, 6) is -2.16. The van der Waals surface area contributed by atoms with Gasteiger partial charge in [-0.15, -0.1) is 0 Å². The number of likely N-dealkylation sites (tertiary alicyclic amines) is 1. The zero-order valence-corrected chi connectivity index (χ0v) is 31.2. The fourth-order valence-corrected chi connectivity index (χ4v) is 9.88. The highest BCUT2D eigenvalue weighted by Gasteiger charge is 2.52. The highest BCUT2D eigenvalue weighted by atomic mass is 19.1. The van der Waals surface area contributed by atoms with Gasteiger partial charge < -0.3 is 14.9 Å². The molecule has 0 bridgehead atoms. The molecule has 0 aromatic heterocycles. The first-order valence-electron chi connectivity index (χ1n) is 19.6. The Labute approximate surface area is 328 Å². The maximum Gasteiger partial charge on any atom is 0.262 e. The summed E-state index contributed by atoms with van der Waals surface area (Å²) in [6.45, 7) is 4.47. The SMILES string of the molecule is O=C1CCC(N2C(=O)c3cc4c(cc3C2=O)CN(C(=O)CN2CC3(C2)CN(c2ccc(C5=C(c6ccc(F)cc6)CCCc6cc(O)ccc65)cc2)C3)C4)C(=O)N1. The molecule has 5 amide bonds. The van der Waals surface area contributed by atoms with E-state index < -0.39 is 29.7 Å². The normalized spacial score (nSPS) is 21.2. The lowest BCUT2D eigenvalue weighted by molar-refractivity contribution is -0.138. The zero-order valence-electron chi connectivity index (χ0n) is 31.2. The molecule has 12 heteroatoms. The minimum Gasteiger partial charge on any atom is -0.508 e. The number of carbonyl (C=O) groups excluding carboxylic acids is 5. The number of hydrogen-bond acceptors (Lipinski definition) is 8. The molecule has 4 aromatic rings. The molecule has 1 spiro atoms. The summed E-state index contributed by atoms with van der Waals surface area (Å²) in [5.41, 5.74) is 9.95. The molecule has 10 rings (SSSR count). The number of nitrogens with one attached hydrogen (secondary N) is 1. The van der Waals surface area contributed by atoms with Crippen molar-refractivity contribution in [3.05, 3.63) is 129 Å². The van der Waals surface area contributed by atoms with E-state index in [9.17, 15) is 33.5 Å². The van der Waals surface area contributed by atoms with Gasteiger partial charge in [0, 0.05) is 56.8 Å². The Kier molecular flexibility index (Phi) is 8.19. The van der Waals surface area contributed by atoms with Gasteiger partial charge in [-0.25, -0.2) is 4.39 Å². The van der Waals surface area contributed by atoms with Crippen LogP contribution < -0.4 is 10.2 Å². The van der Waals surface area contributed by atoms with Crippen LogP contribution in [-0.2, 0) is 33.9 Å². The Balaban J connectivity index is 0.765. The number of anilines is 1. The molecule has 4 aromatic carbocycles. The third-order valence-electron chi connectivity index (χ3n) is 12.6. The lowest BCUT2D eigenvalue weighted by atomic mass is 9.72. The molecule has 1 atom stereocenters. The number of fused-ring (bicyclic) bond motifs is 3. The first kappa shape index (κ1) is 35.3. The minimum atomic E-state index is -1.01. The zero-order chi connectivity index (χ0) is 39.2. The second kappa shape index (κ2) is 13.2. The fraction of sp³-hybridized carbons (Fsp3) is 0.311. The Morgan fingerprint density at radius 3 is 2.09 bits per heavy atom. The van der Waals surface area contributed by atoms with Crippen LogP contribution in [0.2, 0.25) is 0 Å². The van der Waals surface area contributed by atoms with Crippen LogP contribution in [0.25, 0.3) is 11.1 Å². The van der Waals surface area contributed by atoms with Crippen LogP contribution in [0.15, 0.2) is 78.9 Å². The number of imide groups is 2. The van der Waals surface area contributed by atoms with Gasteiger partial charge in [0.25, 0.3) is 11.8 Å². The van der Waals surface area contributed by atoms with Crippen molar-refractivity contribution >= 4 is 46.4 Å². The van der Waals surface area contributed by atoms with Gasteiger partial charge in [-0.2, -0.15) is 0 Å². The number of phenolic OH excluding ortho intramolecular Hbond substituents is 1. The number of allylic oxidation sites excluding steroid dienone is 1. The van der Waals surface area contributed by atoms with Crippen molar-refractivity contribution in [2.75, 3.05) is 37.6 Å². The standard InChI is InChI=1S/C45H40FN5O6/c46-31-8-4-26(5-9-31)34-3-1-2-28-16-33(52)12-13-35(28)41(34)27-6-10-32(11-7-27)50-24-45(25-50)22-48(23-45)21-40(54)49-19-29-17-36-37(18-30(29)20-49)44(57)51(43(36)56)38-14-15-39(53)47-42(38)55/h4-13,16-18,38,52H,1-3,14-15,19-25H2,(H,47,53,55). The van der Waals surface area contributed by atoms with E-state index in [2.05, 4.69) is 39.4 Å². The van der Waals surface area contributed by atoms with Crippen LogP contribution in [0.4, 0.5) is 10.1 Å². The van der Waals surface area contributed by atoms with Crippen LogP contribution >= 0.6 is 0 Å². The molecule has 3 saturated heterocycles. The third-order valence-corrected chi connectivity index (χ3v) is 12.6. The highest BCUT2D eigenvalue weighted by molar-refractivity contribution is 6.23. The van der Waals surface area contributed by atoms with Crippen molar-refractivity contribution in [1.82, 2.24) is 20.0 Å². The molecular formula is C45H40FN5O6. The molecule has 11 nitrogen and oxygen atoms in total. The van der Waals surface area contributed by atoms with Crippen molar-refractivity contribution in [2.24, 2.45) is 5.41 Å². The Morgan fingerprint density at radius 1 is 0.754 bits per heavy atom. The predicted octanol–water partition coefficient (Wildman–Crippen LogP) is 4.89. The Hall–Kier alpha value is -6.14. The summed E-state index contributed by atoms with van der Waals surface area (Å²) in [6, 6.07) is 23.3. The number of piperidine rings is 1. The number of benzene rings is 4. The summed E-state index contributed by atoms with van der Waals surface area (Å²) in [7, 11) is 0. The number of halogens is 1. The van der Waals surface area contributed by atoms with E-state index in [1.807, 2.05) is 24.3 Å². The molecule has 6 aliphatic rings. The van der Waals surface area contributed by atoms with Crippen molar-refractivity contribution in [2.45, 2.75) is 51.2 Å². The van der Waals surface area contributed by atoms with Gasteiger partial charge in [0.1, 0.15) is 17.6 Å². The fourth-order valence-electron chi connectivity index (χ4n) is 9.88. The first-order valence-corrected chi connectivity index (χ1v) is 19.6. The maximum absolute atomic E-state index is 13.9. The quantitative estimate of drug-likeness (QED) is 0.266.